The molecule has 0 radical (unpaired) electrons. The second-order valence-electron chi connectivity index (χ2n) is 4.19. The molecule has 0 atom stereocenters. The molecule has 2 rings (SSSR count). The highest BCUT2D eigenvalue weighted by atomic mass is 32.2. The van der Waals surface area contributed by atoms with Gasteiger partial charge in [0.25, 0.3) is 10.0 Å². The lowest BCUT2D eigenvalue weighted by molar-refractivity contribution is 0.601. The first-order chi connectivity index (χ1) is 9.42. The minimum absolute atomic E-state index is 0.0545. The summed E-state index contributed by atoms with van der Waals surface area (Å²) in [7, 11) is -2.18. The molecule has 7 nitrogen and oxygen atoms in total. The smallest absolute Gasteiger partial charge is 0.267 e. The van der Waals surface area contributed by atoms with Crippen LogP contribution in [-0.2, 0) is 23.5 Å². The molecule has 0 aliphatic carbocycles. The number of nitriles is 1. The highest BCUT2D eigenvalue weighted by Crippen LogP contribution is 2.20. The Labute approximate surface area is 116 Å². The van der Waals surface area contributed by atoms with Crippen LogP contribution in [0.3, 0.4) is 0 Å². The van der Waals surface area contributed by atoms with Crippen molar-refractivity contribution in [2.45, 2.75) is 11.3 Å². The van der Waals surface area contributed by atoms with Crippen LogP contribution in [0.5, 0.6) is 0 Å². The van der Waals surface area contributed by atoms with Crippen molar-refractivity contribution in [1.82, 2.24) is 9.78 Å². The Hall–Kier alpha value is -2.53. The van der Waals surface area contributed by atoms with Gasteiger partial charge in [0.2, 0.25) is 0 Å². The molecule has 1 aromatic heterocycles. The molecule has 0 aliphatic heterocycles. The maximum Gasteiger partial charge on any atom is 0.267 e. The normalized spacial score (nSPS) is 11.0. The highest BCUT2D eigenvalue weighted by Gasteiger charge is 2.20. The van der Waals surface area contributed by atoms with Crippen LogP contribution in [0, 0.1) is 11.3 Å². The van der Waals surface area contributed by atoms with Crippen molar-refractivity contribution in [3.05, 3.63) is 36.0 Å². The number of aryl methyl sites for hydroxylation is 1. The first kappa shape index (κ1) is 13.9. The molecule has 0 saturated carbocycles. The summed E-state index contributed by atoms with van der Waals surface area (Å²) < 4.78 is 28.0. The van der Waals surface area contributed by atoms with Gasteiger partial charge in [-0.1, -0.05) is 12.1 Å². The van der Waals surface area contributed by atoms with E-state index >= 15 is 0 Å². The molecule has 0 unspecified atom stereocenters. The third-order valence-corrected chi connectivity index (χ3v) is 4.00. The Morgan fingerprint density at radius 2 is 2.05 bits per heavy atom. The summed E-state index contributed by atoms with van der Waals surface area (Å²) in [6.45, 7) is 0. The van der Waals surface area contributed by atoms with Crippen LogP contribution in [0.4, 0.5) is 11.5 Å². The Morgan fingerprint density at radius 3 is 2.55 bits per heavy atom. The van der Waals surface area contributed by atoms with Crippen molar-refractivity contribution < 1.29 is 8.42 Å². The van der Waals surface area contributed by atoms with E-state index < -0.39 is 10.0 Å². The van der Waals surface area contributed by atoms with Gasteiger partial charge in [0.15, 0.2) is 5.82 Å². The molecule has 1 aromatic carbocycles. The van der Waals surface area contributed by atoms with Gasteiger partial charge in [-0.3, -0.25) is 9.40 Å². The van der Waals surface area contributed by atoms with E-state index in [2.05, 4.69) is 9.82 Å². The van der Waals surface area contributed by atoms with Crippen LogP contribution < -0.4 is 10.5 Å². The molecule has 0 spiro atoms. The minimum atomic E-state index is -3.77. The second-order valence-corrected chi connectivity index (χ2v) is 5.84. The molecule has 1 heterocycles. The fourth-order valence-electron chi connectivity index (χ4n) is 1.68. The lowest BCUT2D eigenvalue weighted by atomic mass is 10.1. The van der Waals surface area contributed by atoms with Crippen LogP contribution in [-0.4, -0.2) is 18.2 Å². The second kappa shape index (κ2) is 5.22. The van der Waals surface area contributed by atoms with Gasteiger partial charge in [-0.2, -0.15) is 10.4 Å². The molecular formula is C12H13N5O2S. The standard InChI is InChI=1S/C12H13N5O2S/c1-17-8-11(12(14)15-17)20(18,19)16-10-4-2-9(3-5-10)6-7-13/h2-5,8,16H,6H2,1H3,(H2,14,15). The fraction of sp³-hybridized carbons (Fsp3) is 0.167. The molecule has 8 heteroatoms. The predicted octanol–water partition coefficient (Wildman–Crippen LogP) is 0.869. The quantitative estimate of drug-likeness (QED) is 0.867. The molecule has 2 aromatic rings. The predicted molar refractivity (Wildman–Crippen MR) is 74.2 cm³/mol. The monoisotopic (exact) mass is 291 g/mol. The average molecular weight is 291 g/mol. The van der Waals surface area contributed by atoms with Gasteiger partial charge >= 0.3 is 0 Å². The van der Waals surface area contributed by atoms with Gasteiger partial charge in [0, 0.05) is 18.9 Å². The number of aromatic nitrogens is 2. The topological polar surface area (TPSA) is 114 Å². The lowest BCUT2D eigenvalue weighted by Crippen LogP contribution is -2.13. The third-order valence-electron chi connectivity index (χ3n) is 2.60. The van der Waals surface area contributed by atoms with Gasteiger partial charge < -0.3 is 5.73 Å². The zero-order chi connectivity index (χ0) is 14.8. The summed E-state index contributed by atoms with van der Waals surface area (Å²) in [5, 5.41) is 12.4. The summed E-state index contributed by atoms with van der Waals surface area (Å²) >= 11 is 0. The number of anilines is 2. The summed E-state index contributed by atoms with van der Waals surface area (Å²) in [5.74, 6) is -0.0545. The summed E-state index contributed by atoms with van der Waals surface area (Å²) in [4.78, 5) is -0.0684. The summed E-state index contributed by atoms with van der Waals surface area (Å²) in [6.07, 6.45) is 1.62. The van der Waals surface area contributed by atoms with E-state index in [1.165, 1.54) is 10.9 Å². The first-order valence-corrected chi connectivity index (χ1v) is 7.18. The molecule has 20 heavy (non-hydrogen) atoms. The molecule has 0 saturated heterocycles. The number of hydrogen-bond donors (Lipinski definition) is 2. The SMILES string of the molecule is Cn1cc(S(=O)(=O)Nc2ccc(CC#N)cc2)c(N)n1. The Kier molecular flexibility index (Phi) is 3.63. The largest absolute Gasteiger partial charge is 0.381 e. The number of nitrogens with zero attached hydrogens (tertiary/aromatic N) is 3. The van der Waals surface area contributed by atoms with Crippen molar-refractivity contribution >= 4 is 21.5 Å². The van der Waals surface area contributed by atoms with Crippen molar-refractivity contribution in [3.63, 3.8) is 0 Å². The van der Waals surface area contributed by atoms with Crippen LogP contribution in [0.25, 0.3) is 0 Å². The number of hydrogen-bond acceptors (Lipinski definition) is 5. The molecular weight excluding hydrogens is 278 g/mol. The molecule has 0 bridgehead atoms. The van der Waals surface area contributed by atoms with Crippen molar-refractivity contribution in [2.75, 3.05) is 10.5 Å². The Morgan fingerprint density at radius 1 is 1.40 bits per heavy atom. The summed E-state index contributed by atoms with van der Waals surface area (Å²) in [5.41, 5.74) is 6.77. The van der Waals surface area contributed by atoms with Gasteiger partial charge in [-0.25, -0.2) is 8.42 Å². The number of sulfonamides is 1. The average Bonchev–Trinajstić information content (AvgIpc) is 2.72. The Balaban J connectivity index is 2.24. The van der Waals surface area contributed by atoms with Gasteiger partial charge in [-0.05, 0) is 17.7 Å². The van der Waals surface area contributed by atoms with E-state index in [4.69, 9.17) is 11.0 Å². The highest BCUT2D eigenvalue weighted by molar-refractivity contribution is 7.92. The van der Waals surface area contributed by atoms with Crippen molar-refractivity contribution in [2.24, 2.45) is 7.05 Å². The van der Waals surface area contributed by atoms with E-state index in [0.29, 0.717) is 5.69 Å². The maximum atomic E-state index is 12.1. The third kappa shape index (κ3) is 2.89. The van der Waals surface area contributed by atoms with Crippen molar-refractivity contribution in [3.8, 4) is 6.07 Å². The molecule has 0 fully saturated rings. The molecule has 0 aliphatic rings. The number of benzene rings is 1. The van der Waals surface area contributed by atoms with E-state index in [1.54, 1.807) is 31.3 Å². The molecule has 104 valence electrons. The molecule has 0 amide bonds. The van der Waals surface area contributed by atoms with Crippen LogP contribution in [0.2, 0.25) is 0 Å². The first-order valence-electron chi connectivity index (χ1n) is 5.70. The number of nitrogens with one attached hydrogen (secondary N) is 1. The zero-order valence-corrected chi connectivity index (χ0v) is 11.6. The van der Waals surface area contributed by atoms with E-state index in [-0.39, 0.29) is 17.1 Å². The Bertz CT molecular complexity index is 756. The van der Waals surface area contributed by atoms with Gasteiger partial charge in [-0.15, -0.1) is 0 Å². The summed E-state index contributed by atoms with van der Waals surface area (Å²) in [6, 6.07) is 8.59. The van der Waals surface area contributed by atoms with E-state index in [0.717, 1.165) is 5.56 Å². The van der Waals surface area contributed by atoms with Crippen LogP contribution >= 0.6 is 0 Å². The minimum Gasteiger partial charge on any atom is -0.381 e. The van der Waals surface area contributed by atoms with Crippen molar-refractivity contribution in [1.29, 1.82) is 5.26 Å². The molecule has 3 N–H and O–H groups in total. The van der Waals surface area contributed by atoms with Crippen LogP contribution in [0.15, 0.2) is 35.4 Å². The van der Waals surface area contributed by atoms with Gasteiger partial charge in [0.05, 0.1) is 12.5 Å². The lowest BCUT2D eigenvalue weighted by Gasteiger charge is -2.07. The van der Waals surface area contributed by atoms with Crippen LogP contribution in [0.1, 0.15) is 5.56 Å². The van der Waals surface area contributed by atoms with Gasteiger partial charge in [0.1, 0.15) is 4.90 Å². The maximum absolute atomic E-state index is 12.1. The number of nitrogens with two attached hydrogens (primary N) is 1. The van der Waals surface area contributed by atoms with E-state index in [1.807, 2.05) is 6.07 Å². The number of nitrogen functional groups attached to an aromatic ring is 1. The van der Waals surface area contributed by atoms with E-state index in [9.17, 15) is 8.42 Å². The fourth-order valence-corrected chi connectivity index (χ4v) is 2.85. The number of rotatable bonds is 4. The zero-order valence-electron chi connectivity index (χ0n) is 10.7.